The molecule has 7 heteroatoms. The van der Waals surface area contributed by atoms with Gasteiger partial charge in [-0.05, 0) is 48.1 Å². The molecule has 4 rings (SSSR count). The van der Waals surface area contributed by atoms with Gasteiger partial charge in [0.15, 0.2) is 0 Å². The Morgan fingerprint density at radius 3 is 2.68 bits per heavy atom. The molecule has 34 heavy (non-hydrogen) atoms. The van der Waals surface area contributed by atoms with Crippen LogP contribution in [0.5, 0.6) is 0 Å². The lowest BCUT2D eigenvalue weighted by atomic mass is 9.95. The normalized spacial score (nSPS) is 14.4. The molecule has 0 radical (unpaired) electrons. The number of rotatable bonds is 9. The van der Waals surface area contributed by atoms with E-state index in [0.717, 1.165) is 60.8 Å². The van der Waals surface area contributed by atoms with Gasteiger partial charge in [0.1, 0.15) is 6.10 Å². The second-order valence-corrected chi connectivity index (χ2v) is 9.50. The Bertz CT molecular complexity index is 1150. The van der Waals surface area contributed by atoms with Crippen LogP contribution in [-0.2, 0) is 35.5 Å². The van der Waals surface area contributed by atoms with E-state index in [-0.39, 0.29) is 12.1 Å². The molecule has 1 aliphatic heterocycles. The van der Waals surface area contributed by atoms with Crippen molar-refractivity contribution in [2.45, 2.75) is 59.7 Å². The van der Waals surface area contributed by atoms with Crippen molar-refractivity contribution in [2.24, 2.45) is 11.7 Å². The van der Waals surface area contributed by atoms with Gasteiger partial charge in [-0.3, -0.25) is 14.7 Å². The number of carbonyl (C=O) groups is 1. The molecule has 180 valence electrons. The van der Waals surface area contributed by atoms with Crippen LogP contribution in [0, 0.1) is 5.92 Å². The topological polar surface area (TPSA) is 86.3 Å². The average molecular weight is 462 g/mol. The summed E-state index contributed by atoms with van der Waals surface area (Å²) in [4.78, 5) is 22.9. The van der Waals surface area contributed by atoms with Gasteiger partial charge in [-0.15, -0.1) is 0 Å². The summed E-state index contributed by atoms with van der Waals surface area (Å²) in [5, 5.41) is 0. The average Bonchev–Trinajstić information content (AvgIpc) is 3.27. The molecule has 0 amide bonds. The highest BCUT2D eigenvalue weighted by Crippen LogP contribution is 2.25. The highest BCUT2D eigenvalue weighted by molar-refractivity contribution is 5.66. The SMILES string of the molecule is CCc1nc(CN2CC(OC(C)=O)C2)ccc1-n1cnc(-c2ccc(CC(C)C)c(CN)c2)c1. The summed E-state index contributed by atoms with van der Waals surface area (Å²) < 4.78 is 7.29. The van der Waals surface area contributed by atoms with Crippen LogP contribution in [0.1, 0.15) is 50.2 Å². The molecule has 3 aromatic rings. The zero-order valence-electron chi connectivity index (χ0n) is 20.6. The molecular weight excluding hydrogens is 426 g/mol. The summed E-state index contributed by atoms with van der Waals surface area (Å²) in [5.41, 5.74) is 13.6. The van der Waals surface area contributed by atoms with Gasteiger partial charge in [0.2, 0.25) is 0 Å². The third-order valence-electron chi connectivity index (χ3n) is 6.20. The van der Waals surface area contributed by atoms with E-state index in [2.05, 4.69) is 71.8 Å². The van der Waals surface area contributed by atoms with Gasteiger partial charge in [0, 0.05) is 44.9 Å². The van der Waals surface area contributed by atoms with Crippen LogP contribution in [0.2, 0.25) is 0 Å². The molecule has 2 aromatic heterocycles. The third-order valence-corrected chi connectivity index (χ3v) is 6.20. The Morgan fingerprint density at radius 1 is 1.21 bits per heavy atom. The van der Waals surface area contributed by atoms with Crippen LogP contribution in [0.25, 0.3) is 16.9 Å². The van der Waals surface area contributed by atoms with Crippen molar-refractivity contribution in [3.8, 4) is 16.9 Å². The summed E-state index contributed by atoms with van der Waals surface area (Å²) in [6.45, 7) is 10.8. The number of imidazole rings is 1. The summed E-state index contributed by atoms with van der Waals surface area (Å²) in [6, 6.07) is 10.7. The lowest BCUT2D eigenvalue weighted by Gasteiger charge is -2.37. The van der Waals surface area contributed by atoms with Gasteiger partial charge >= 0.3 is 5.97 Å². The monoisotopic (exact) mass is 461 g/mol. The van der Waals surface area contributed by atoms with Crippen LogP contribution in [0.3, 0.4) is 0 Å². The maximum Gasteiger partial charge on any atom is 0.302 e. The number of nitrogens with two attached hydrogens (primary N) is 1. The van der Waals surface area contributed by atoms with E-state index in [1.54, 1.807) is 0 Å². The van der Waals surface area contributed by atoms with E-state index in [1.807, 2.05) is 6.33 Å². The van der Waals surface area contributed by atoms with E-state index in [4.69, 9.17) is 15.5 Å². The van der Waals surface area contributed by atoms with Crippen molar-refractivity contribution in [2.75, 3.05) is 13.1 Å². The molecular formula is C27H35N5O2. The van der Waals surface area contributed by atoms with E-state index in [0.29, 0.717) is 12.5 Å². The summed E-state index contributed by atoms with van der Waals surface area (Å²) in [7, 11) is 0. The molecule has 0 unspecified atom stereocenters. The number of benzene rings is 1. The second-order valence-electron chi connectivity index (χ2n) is 9.50. The standard InChI is InChI=1S/C27H35N5O2/c1-5-25-27(9-8-23(30-25)13-31-14-24(15-31)34-19(4)33)32-16-26(29-17-32)21-7-6-20(10-18(2)3)22(11-21)12-28/h6-9,11,16-18,24H,5,10,12-15,28H2,1-4H3. The highest BCUT2D eigenvalue weighted by atomic mass is 16.5. The zero-order valence-corrected chi connectivity index (χ0v) is 20.6. The van der Waals surface area contributed by atoms with Gasteiger partial charge in [-0.25, -0.2) is 4.98 Å². The minimum Gasteiger partial charge on any atom is -0.460 e. The summed E-state index contributed by atoms with van der Waals surface area (Å²) in [5.74, 6) is 0.376. The van der Waals surface area contributed by atoms with Crippen molar-refractivity contribution in [1.82, 2.24) is 19.4 Å². The number of aromatic nitrogens is 3. The van der Waals surface area contributed by atoms with Crippen molar-refractivity contribution >= 4 is 5.97 Å². The maximum atomic E-state index is 11.1. The Kier molecular flexibility index (Phi) is 7.44. The van der Waals surface area contributed by atoms with Gasteiger partial charge in [-0.2, -0.15) is 0 Å². The molecule has 7 nitrogen and oxygen atoms in total. The van der Waals surface area contributed by atoms with Crippen LogP contribution in [0.4, 0.5) is 0 Å². The third kappa shape index (κ3) is 5.54. The number of ether oxygens (including phenoxy) is 1. The molecule has 1 aromatic carbocycles. The minimum absolute atomic E-state index is 0.00557. The Labute approximate surface area is 202 Å². The minimum atomic E-state index is -0.217. The number of nitrogens with zero attached hydrogens (tertiary/aromatic N) is 4. The zero-order chi connectivity index (χ0) is 24.2. The van der Waals surface area contributed by atoms with E-state index in [9.17, 15) is 4.79 Å². The predicted molar refractivity (Wildman–Crippen MR) is 133 cm³/mol. The van der Waals surface area contributed by atoms with Crippen molar-refractivity contribution < 1.29 is 9.53 Å². The summed E-state index contributed by atoms with van der Waals surface area (Å²) in [6.07, 6.45) is 5.78. The van der Waals surface area contributed by atoms with Crippen LogP contribution in [0.15, 0.2) is 42.9 Å². The lowest BCUT2D eigenvalue weighted by molar-refractivity contribution is -0.155. The molecule has 0 bridgehead atoms. The molecule has 0 saturated carbocycles. The molecule has 0 atom stereocenters. The van der Waals surface area contributed by atoms with E-state index < -0.39 is 0 Å². The van der Waals surface area contributed by atoms with Crippen LogP contribution >= 0.6 is 0 Å². The molecule has 0 aliphatic carbocycles. The van der Waals surface area contributed by atoms with E-state index in [1.165, 1.54) is 18.1 Å². The predicted octanol–water partition coefficient (Wildman–Crippen LogP) is 3.90. The fourth-order valence-electron chi connectivity index (χ4n) is 4.53. The first-order valence-corrected chi connectivity index (χ1v) is 12.1. The van der Waals surface area contributed by atoms with Crippen molar-refractivity contribution in [3.63, 3.8) is 0 Å². The lowest BCUT2D eigenvalue weighted by Crippen LogP contribution is -2.52. The number of hydrogen-bond donors (Lipinski definition) is 1. The number of pyridine rings is 1. The fourth-order valence-corrected chi connectivity index (χ4v) is 4.53. The van der Waals surface area contributed by atoms with Gasteiger partial charge in [0.05, 0.1) is 29.1 Å². The van der Waals surface area contributed by atoms with Gasteiger partial charge in [-0.1, -0.05) is 32.9 Å². The van der Waals surface area contributed by atoms with E-state index >= 15 is 0 Å². The first kappa shape index (κ1) is 24.1. The summed E-state index contributed by atoms with van der Waals surface area (Å²) >= 11 is 0. The molecule has 1 fully saturated rings. The largest absolute Gasteiger partial charge is 0.460 e. The molecule has 3 heterocycles. The van der Waals surface area contributed by atoms with Gasteiger partial charge < -0.3 is 15.0 Å². The first-order valence-electron chi connectivity index (χ1n) is 12.1. The van der Waals surface area contributed by atoms with Crippen LogP contribution in [-0.4, -0.2) is 44.6 Å². The Morgan fingerprint density at radius 2 is 2.00 bits per heavy atom. The molecule has 2 N–H and O–H groups in total. The number of hydrogen-bond acceptors (Lipinski definition) is 6. The number of likely N-dealkylation sites (tertiary alicyclic amines) is 1. The fraction of sp³-hybridized carbons (Fsp3) is 0.444. The number of carbonyl (C=O) groups excluding carboxylic acids is 1. The van der Waals surface area contributed by atoms with Gasteiger partial charge in [0.25, 0.3) is 0 Å². The van der Waals surface area contributed by atoms with Crippen molar-refractivity contribution in [3.05, 3.63) is 65.4 Å². The molecule has 1 saturated heterocycles. The smallest absolute Gasteiger partial charge is 0.302 e. The second kappa shape index (κ2) is 10.5. The maximum absolute atomic E-state index is 11.1. The Balaban J connectivity index is 1.49. The number of esters is 1. The first-order chi connectivity index (χ1) is 16.4. The van der Waals surface area contributed by atoms with Crippen LogP contribution < -0.4 is 5.73 Å². The molecule has 0 spiro atoms. The highest BCUT2D eigenvalue weighted by Gasteiger charge is 2.29. The number of aryl methyl sites for hydroxylation is 1. The van der Waals surface area contributed by atoms with Crippen molar-refractivity contribution in [1.29, 1.82) is 0 Å². The quantitative estimate of drug-likeness (QED) is 0.487. The Hall–Kier alpha value is -3.03. The molecule has 1 aliphatic rings.